The van der Waals surface area contributed by atoms with Gasteiger partial charge >= 0.3 is 5.56 Å². The molecule has 0 aliphatic rings. The molecule has 2 aromatic rings. The maximum atomic E-state index is 13.6. The number of H-pyrrole nitrogens is 1. The Balaban J connectivity index is 2.38. The Bertz CT molecular complexity index is 566. The van der Waals surface area contributed by atoms with Gasteiger partial charge in [-0.1, -0.05) is 12.1 Å². The molecule has 1 aromatic carbocycles. The molecule has 0 amide bonds. The van der Waals surface area contributed by atoms with Crippen molar-refractivity contribution in [1.82, 2.24) is 9.97 Å². The van der Waals surface area contributed by atoms with Gasteiger partial charge in [0.1, 0.15) is 0 Å². The molecule has 5 heteroatoms. The van der Waals surface area contributed by atoms with Crippen molar-refractivity contribution in [3.8, 4) is 11.6 Å². The van der Waals surface area contributed by atoms with Crippen LogP contribution in [0.1, 0.15) is 5.56 Å². The largest absolute Gasteiger partial charge is 0.431 e. The third kappa shape index (κ3) is 1.93. The molecule has 4 nitrogen and oxygen atoms in total. The van der Waals surface area contributed by atoms with Gasteiger partial charge in [-0.15, -0.1) is 0 Å². The number of benzene rings is 1. The summed E-state index contributed by atoms with van der Waals surface area (Å²) in [6.07, 6.45) is 2.74. The van der Waals surface area contributed by atoms with Crippen molar-refractivity contribution in [3.05, 3.63) is 52.3 Å². The highest BCUT2D eigenvalue weighted by atomic mass is 19.1. The topological polar surface area (TPSA) is 55.0 Å². The number of nitrogens with one attached hydrogen (secondary N) is 1. The smallest absolute Gasteiger partial charge is 0.311 e. The number of nitrogens with zero attached hydrogens (tertiary/aromatic N) is 1. The van der Waals surface area contributed by atoms with Crippen LogP contribution in [0.15, 0.2) is 35.4 Å². The van der Waals surface area contributed by atoms with Crippen LogP contribution in [-0.4, -0.2) is 9.97 Å². The lowest BCUT2D eigenvalue weighted by Crippen LogP contribution is -2.09. The number of halogens is 1. The van der Waals surface area contributed by atoms with Crippen molar-refractivity contribution in [2.24, 2.45) is 0 Å². The summed E-state index contributed by atoms with van der Waals surface area (Å²) in [4.78, 5) is 17.4. The van der Waals surface area contributed by atoms with Gasteiger partial charge in [0.05, 0.1) is 0 Å². The number of hydrogen-bond donors (Lipinski definition) is 1. The van der Waals surface area contributed by atoms with Crippen molar-refractivity contribution in [2.45, 2.75) is 6.92 Å². The molecule has 1 heterocycles. The molecular weight excluding hydrogens is 211 g/mol. The molecule has 0 saturated carbocycles. The lowest BCUT2D eigenvalue weighted by molar-refractivity contribution is 0.419. The fraction of sp³-hybridized carbons (Fsp3) is 0.0909. The first kappa shape index (κ1) is 10.4. The Kier molecular flexibility index (Phi) is 2.68. The summed E-state index contributed by atoms with van der Waals surface area (Å²) < 4.78 is 18.6. The molecule has 0 atom stereocenters. The van der Waals surface area contributed by atoms with Gasteiger partial charge < -0.3 is 9.72 Å². The lowest BCUT2D eigenvalue weighted by Gasteiger charge is -2.05. The van der Waals surface area contributed by atoms with Gasteiger partial charge in [-0.05, 0) is 18.6 Å². The zero-order chi connectivity index (χ0) is 11.5. The van der Waals surface area contributed by atoms with Crippen molar-refractivity contribution >= 4 is 0 Å². The van der Waals surface area contributed by atoms with E-state index in [9.17, 15) is 9.18 Å². The molecule has 1 N–H and O–H groups in total. The van der Waals surface area contributed by atoms with E-state index in [0.29, 0.717) is 5.56 Å². The van der Waals surface area contributed by atoms with Gasteiger partial charge in [0.15, 0.2) is 11.6 Å². The molecule has 2 rings (SSSR count). The number of aromatic nitrogens is 2. The summed E-state index contributed by atoms with van der Waals surface area (Å²) in [7, 11) is 0. The zero-order valence-electron chi connectivity index (χ0n) is 8.53. The molecule has 0 unspecified atom stereocenters. The van der Waals surface area contributed by atoms with Crippen molar-refractivity contribution in [1.29, 1.82) is 0 Å². The second-order valence-corrected chi connectivity index (χ2v) is 3.21. The van der Waals surface area contributed by atoms with Crippen LogP contribution in [0.2, 0.25) is 0 Å². The van der Waals surface area contributed by atoms with Crippen molar-refractivity contribution < 1.29 is 9.13 Å². The maximum Gasteiger partial charge on any atom is 0.311 e. The summed E-state index contributed by atoms with van der Waals surface area (Å²) in [6.45, 7) is 1.62. The average molecular weight is 220 g/mol. The van der Waals surface area contributed by atoms with Crippen molar-refractivity contribution in [3.63, 3.8) is 0 Å². The van der Waals surface area contributed by atoms with Crippen LogP contribution in [0.25, 0.3) is 0 Å². The zero-order valence-corrected chi connectivity index (χ0v) is 8.53. The van der Waals surface area contributed by atoms with Crippen LogP contribution in [-0.2, 0) is 0 Å². The molecule has 0 bridgehead atoms. The van der Waals surface area contributed by atoms with Gasteiger partial charge in [0.25, 0.3) is 5.88 Å². The average Bonchev–Trinajstić information content (AvgIpc) is 2.28. The van der Waals surface area contributed by atoms with Crippen LogP contribution in [0.3, 0.4) is 0 Å². The van der Waals surface area contributed by atoms with Gasteiger partial charge in [0, 0.05) is 12.4 Å². The van der Waals surface area contributed by atoms with Gasteiger partial charge in [0.2, 0.25) is 0 Å². The maximum absolute atomic E-state index is 13.6. The van der Waals surface area contributed by atoms with Crippen LogP contribution in [0.4, 0.5) is 4.39 Å². The van der Waals surface area contributed by atoms with Gasteiger partial charge in [-0.3, -0.25) is 4.79 Å². The van der Waals surface area contributed by atoms with Crippen LogP contribution >= 0.6 is 0 Å². The van der Waals surface area contributed by atoms with Crippen LogP contribution in [0.5, 0.6) is 11.6 Å². The molecule has 0 saturated heterocycles. The van der Waals surface area contributed by atoms with E-state index in [0.717, 1.165) is 0 Å². The first-order valence-electron chi connectivity index (χ1n) is 4.65. The third-order valence-corrected chi connectivity index (χ3v) is 2.04. The van der Waals surface area contributed by atoms with E-state index in [1.807, 2.05) is 0 Å². The summed E-state index contributed by atoms with van der Waals surface area (Å²) in [5.74, 6) is -0.677. The minimum atomic E-state index is -0.497. The Labute approximate surface area is 90.7 Å². The van der Waals surface area contributed by atoms with E-state index in [1.54, 1.807) is 19.1 Å². The standard InChI is InChI=1S/C11H9FN2O2/c1-7-3-2-4-8(9(7)12)16-11-10(15)13-5-6-14-11/h2-6H,1H3,(H,13,15). The second-order valence-electron chi connectivity index (χ2n) is 3.21. The number of aromatic amines is 1. The van der Waals surface area contributed by atoms with Crippen LogP contribution in [0, 0.1) is 12.7 Å². The Morgan fingerprint density at radius 3 is 3.00 bits per heavy atom. The number of ether oxygens (including phenoxy) is 1. The lowest BCUT2D eigenvalue weighted by atomic mass is 10.2. The molecular formula is C11H9FN2O2. The van der Waals surface area contributed by atoms with Gasteiger partial charge in [-0.2, -0.15) is 0 Å². The quantitative estimate of drug-likeness (QED) is 0.842. The highest BCUT2D eigenvalue weighted by molar-refractivity contribution is 5.32. The Morgan fingerprint density at radius 2 is 2.25 bits per heavy atom. The molecule has 0 radical (unpaired) electrons. The van der Waals surface area contributed by atoms with E-state index in [4.69, 9.17) is 4.74 Å². The fourth-order valence-corrected chi connectivity index (χ4v) is 1.21. The molecule has 1 aromatic heterocycles. The molecule has 82 valence electrons. The SMILES string of the molecule is Cc1cccc(Oc2ncc[nH]c2=O)c1F. The van der Waals surface area contributed by atoms with E-state index >= 15 is 0 Å². The monoisotopic (exact) mass is 220 g/mol. The van der Waals surface area contributed by atoms with E-state index in [2.05, 4.69) is 9.97 Å². The molecule has 16 heavy (non-hydrogen) atoms. The molecule has 0 fully saturated rings. The summed E-state index contributed by atoms with van der Waals surface area (Å²) in [5, 5.41) is 0. The first-order chi connectivity index (χ1) is 7.68. The van der Waals surface area contributed by atoms with E-state index in [-0.39, 0.29) is 11.6 Å². The second kappa shape index (κ2) is 4.14. The third-order valence-electron chi connectivity index (χ3n) is 2.04. The van der Waals surface area contributed by atoms with Gasteiger partial charge in [-0.25, -0.2) is 9.37 Å². The highest BCUT2D eigenvalue weighted by Gasteiger charge is 2.09. The Morgan fingerprint density at radius 1 is 1.44 bits per heavy atom. The summed E-state index contributed by atoms with van der Waals surface area (Å²) in [5.41, 5.74) is -0.0479. The minimum Gasteiger partial charge on any atom is -0.431 e. The molecule has 0 aliphatic carbocycles. The number of aryl methyl sites for hydroxylation is 1. The van der Waals surface area contributed by atoms with E-state index in [1.165, 1.54) is 18.5 Å². The van der Waals surface area contributed by atoms with Crippen molar-refractivity contribution in [2.75, 3.05) is 0 Å². The summed E-state index contributed by atoms with van der Waals surface area (Å²) in [6, 6.07) is 4.70. The minimum absolute atomic E-state index is 0.0100. The predicted molar refractivity (Wildman–Crippen MR) is 56.1 cm³/mol. The fourth-order valence-electron chi connectivity index (χ4n) is 1.21. The summed E-state index contributed by atoms with van der Waals surface area (Å²) >= 11 is 0. The van der Waals surface area contributed by atoms with Crippen LogP contribution < -0.4 is 10.3 Å². The normalized spacial score (nSPS) is 10.1. The number of hydrogen-bond acceptors (Lipinski definition) is 3. The highest BCUT2D eigenvalue weighted by Crippen LogP contribution is 2.22. The van der Waals surface area contributed by atoms with E-state index < -0.39 is 11.4 Å². The molecule has 0 aliphatic heterocycles. The number of rotatable bonds is 2. The predicted octanol–water partition coefficient (Wildman–Crippen LogP) is 2.01. The first-order valence-corrected chi connectivity index (χ1v) is 4.65. The Hall–Kier alpha value is -2.17. The molecule has 0 spiro atoms.